The molecule has 0 aliphatic heterocycles. The number of amides is 1. The van der Waals surface area contributed by atoms with E-state index in [2.05, 4.69) is 10.4 Å². The number of aromatic nitrogens is 2. The zero-order valence-electron chi connectivity index (χ0n) is 13.4. The Kier molecular flexibility index (Phi) is 6.71. The molecule has 0 saturated heterocycles. The fourth-order valence-electron chi connectivity index (χ4n) is 2.44. The van der Waals surface area contributed by atoms with E-state index in [1.165, 1.54) is 11.3 Å². The van der Waals surface area contributed by atoms with E-state index < -0.39 is 0 Å². The molecule has 0 spiro atoms. The van der Waals surface area contributed by atoms with E-state index in [9.17, 15) is 4.79 Å². The van der Waals surface area contributed by atoms with Crippen molar-refractivity contribution in [3.05, 3.63) is 50.4 Å². The van der Waals surface area contributed by atoms with E-state index in [1.807, 2.05) is 23.7 Å². The second-order valence-corrected chi connectivity index (χ2v) is 7.16. The molecule has 1 amide bonds. The van der Waals surface area contributed by atoms with Gasteiger partial charge in [0.2, 0.25) is 0 Å². The summed E-state index contributed by atoms with van der Waals surface area (Å²) in [6, 6.07) is 7.27. The summed E-state index contributed by atoms with van der Waals surface area (Å²) < 4.78 is 1.84. The molecule has 25 heavy (non-hydrogen) atoms. The Morgan fingerprint density at radius 2 is 2.04 bits per heavy atom. The number of halogens is 3. The number of hydrogen-bond acceptors (Lipinski definition) is 4. The lowest BCUT2D eigenvalue weighted by atomic mass is 10.2. The van der Waals surface area contributed by atoms with Crippen LogP contribution in [-0.4, -0.2) is 28.8 Å². The van der Waals surface area contributed by atoms with Crippen LogP contribution in [0.3, 0.4) is 0 Å². The van der Waals surface area contributed by atoms with Gasteiger partial charge in [0, 0.05) is 34.1 Å². The molecule has 5 nitrogen and oxygen atoms in total. The topological polar surface area (TPSA) is 72.9 Å². The van der Waals surface area contributed by atoms with Gasteiger partial charge in [-0.15, -0.1) is 23.7 Å². The number of nitrogens with zero attached hydrogens (tertiary/aromatic N) is 2. The van der Waals surface area contributed by atoms with E-state index in [4.69, 9.17) is 28.9 Å². The van der Waals surface area contributed by atoms with E-state index in [0.29, 0.717) is 34.6 Å². The smallest absolute Gasteiger partial charge is 0.261 e. The number of fused-ring (bicyclic) bond motifs is 1. The fraction of sp³-hybridized carbons (Fsp3) is 0.250. The predicted molar refractivity (Wildman–Crippen MR) is 107 cm³/mol. The number of carbonyl (C=O) groups excluding carboxylic acids is 1. The summed E-state index contributed by atoms with van der Waals surface area (Å²) in [5, 5.41) is 9.48. The molecule has 1 aromatic carbocycles. The molecule has 3 rings (SSSR count). The number of nitrogens with one attached hydrogen (secondary N) is 1. The Balaban J connectivity index is 0.00000225. The molecule has 0 bridgehead atoms. The molecule has 0 aliphatic carbocycles. The molecule has 9 heteroatoms. The second-order valence-electron chi connectivity index (χ2n) is 5.32. The summed E-state index contributed by atoms with van der Waals surface area (Å²) >= 11 is 13.9. The molecule has 3 aromatic rings. The molecule has 0 aliphatic rings. The lowest BCUT2D eigenvalue weighted by molar-refractivity contribution is 0.0959. The number of thiophene rings is 1. The Hall–Kier alpha value is -1.31. The summed E-state index contributed by atoms with van der Waals surface area (Å²) in [7, 11) is 0. The van der Waals surface area contributed by atoms with Crippen LogP contribution < -0.4 is 11.1 Å². The normalized spacial score (nSPS) is 10.7. The average molecular weight is 420 g/mol. The van der Waals surface area contributed by atoms with Crippen molar-refractivity contribution >= 4 is 63.1 Å². The average Bonchev–Trinajstić information content (AvgIpc) is 3.10. The third-order valence-electron chi connectivity index (χ3n) is 3.63. The summed E-state index contributed by atoms with van der Waals surface area (Å²) in [4.78, 5) is 13.7. The van der Waals surface area contributed by atoms with Crippen LogP contribution in [0.2, 0.25) is 10.0 Å². The first-order valence-electron chi connectivity index (χ1n) is 7.39. The molecule has 0 unspecified atom stereocenters. The van der Waals surface area contributed by atoms with Crippen molar-refractivity contribution < 1.29 is 4.79 Å². The predicted octanol–water partition coefficient (Wildman–Crippen LogP) is 3.87. The SMILES string of the molecule is Cc1nn(Cc2c(Cl)cccc2Cl)c2sc(C(=O)NCCN)cc12.Cl. The van der Waals surface area contributed by atoms with Crippen molar-refractivity contribution in [2.45, 2.75) is 13.5 Å². The second kappa shape index (κ2) is 8.38. The number of aryl methyl sites for hydroxylation is 1. The highest BCUT2D eigenvalue weighted by atomic mass is 35.5. The zero-order valence-corrected chi connectivity index (χ0v) is 16.5. The van der Waals surface area contributed by atoms with E-state index in [0.717, 1.165) is 21.5 Å². The Labute approximate surface area is 165 Å². The zero-order chi connectivity index (χ0) is 17.3. The minimum Gasteiger partial charge on any atom is -0.350 e. The lowest BCUT2D eigenvalue weighted by Gasteiger charge is -2.07. The highest BCUT2D eigenvalue weighted by molar-refractivity contribution is 7.20. The number of carbonyl (C=O) groups is 1. The maximum Gasteiger partial charge on any atom is 0.261 e. The van der Waals surface area contributed by atoms with Gasteiger partial charge in [0.25, 0.3) is 5.91 Å². The molecule has 134 valence electrons. The van der Waals surface area contributed by atoms with E-state index in [-0.39, 0.29) is 18.3 Å². The van der Waals surface area contributed by atoms with Crippen LogP contribution in [0.25, 0.3) is 10.2 Å². The molecule has 3 N–H and O–H groups in total. The molecular formula is C16H17Cl3N4OS. The van der Waals surface area contributed by atoms with Crippen LogP contribution >= 0.6 is 46.9 Å². The standard InChI is InChI=1S/C16H16Cl2N4OS.ClH/c1-9-10-7-14(15(23)20-6-5-19)24-16(10)22(21-9)8-11-12(17)3-2-4-13(11)18;/h2-4,7H,5-6,8,19H2,1H3,(H,20,23);1H. The van der Waals surface area contributed by atoms with Gasteiger partial charge in [-0.2, -0.15) is 5.10 Å². The quantitative estimate of drug-likeness (QED) is 0.659. The first-order chi connectivity index (χ1) is 11.5. The van der Waals surface area contributed by atoms with Gasteiger partial charge in [0.15, 0.2) is 0 Å². The Morgan fingerprint density at radius 1 is 1.36 bits per heavy atom. The van der Waals surface area contributed by atoms with E-state index in [1.54, 1.807) is 12.1 Å². The van der Waals surface area contributed by atoms with Crippen LogP contribution in [0.4, 0.5) is 0 Å². The van der Waals surface area contributed by atoms with Gasteiger partial charge in [-0.05, 0) is 25.1 Å². The molecule has 0 saturated carbocycles. The number of benzene rings is 1. The van der Waals surface area contributed by atoms with Crippen LogP contribution in [-0.2, 0) is 6.54 Å². The molecule has 2 heterocycles. The van der Waals surface area contributed by atoms with Crippen LogP contribution in [0.15, 0.2) is 24.3 Å². The number of nitrogens with two attached hydrogens (primary N) is 1. The van der Waals surface area contributed by atoms with Crippen LogP contribution in [0.1, 0.15) is 20.9 Å². The number of hydrogen-bond donors (Lipinski definition) is 2. The maximum atomic E-state index is 12.1. The van der Waals surface area contributed by atoms with Gasteiger partial charge in [0.05, 0.1) is 17.1 Å². The summed E-state index contributed by atoms with van der Waals surface area (Å²) in [6.45, 7) is 3.23. The van der Waals surface area contributed by atoms with Gasteiger partial charge in [0.1, 0.15) is 4.83 Å². The maximum absolute atomic E-state index is 12.1. The first-order valence-corrected chi connectivity index (χ1v) is 8.96. The summed E-state index contributed by atoms with van der Waals surface area (Å²) in [5.74, 6) is -0.122. The third-order valence-corrected chi connectivity index (χ3v) is 5.49. The highest BCUT2D eigenvalue weighted by Crippen LogP contribution is 2.31. The van der Waals surface area contributed by atoms with Crippen molar-refractivity contribution in [3.8, 4) is 0 Å². The van der Waals surface area contributed by atoms with Crippen molar-refractivity contribution in [3.63, 3.8) is 0 Å². The molecule has 0 radical (unpaired) electrons. The van der Waals surface area contributed by atoms with Gasteiger partial charge >= 0.3 is 0 Å². The third kappa shape index (κ3) is 4.10. The van der Waals surface area contributed by atoms with Gasteiger partial charge in [-0.25, -0.2) is 4.68 Å². The minimum absolute atomic E-state index is 0. The van der Waals surface area contributed by atoms with Gasteiger partial charge < -0.3 is 11.1 Å². The molecule has 0 atom stereocenters. The van der Waals surface area contributed by atoms with Crippen molar-refractivity contribution in [2.75, 3.05) is 13.1 Å². The van der Waals surface area contributed by atoms with Gasteiger partial charge in [-0.1, -0.05) is 29.3 Å². The largest absolute Gasteiger partial charge is 0.350 e. The molecular weight excluding hydrogens is 403 g/mol. The van der Waals surface area contributed by atoms with E-state index >= 15 is 0 Å². The van der Waals surface area contributed by atoms with Crippen molar-refractivity contribution in [2.24, 2.45) is 5.73 Å². The van der Waals surface area contributed by atoms with Crippen LogP contribution in [0.5, 0.6) is 0 Å². The van der Waals surface area contributed by atoms with Gasteiger partial charge in [-0.3, -0.25) is 4.79 Å². The summed E-state index contributed by atoms with van der Waals surface area (Å²) in [5.41, 5.74) is 7.10. The van der Waals surface area contributed by atoms with Crippen LogP contribution in [0, 0.1) is 6.92 Å². The Morgan fingerprint density at radius 3 is 2.68 bits per heavy atom. The molecule has 0 fully saturated rings. The first kappa shape index (κ1) is 20.0. The minimum atomic E-state index is -0.122. The van der Waals surface area contributed by atoms with Crippen molar-refractivity contribution in [1.82, 2.24) is 15.1 Å². The fourth-order valence-corrected chi connectivity index (χ4v) is 4.03. The summed E-state index contributed by atoms with van der Waals surface area (Å²) in [6.07, 6.45) is 0. The number of rotatable bonds is 5. The monoisotopic (exact) mass is 418 g/mol. The van der Waals surface area contributed by atoms with Crippen molar-refractivity contribution in [1.29, 1.82) is 0 Å². The molecule has 2 aromatic heterocycles. The Bertz CT molecular complexity index is 886. The lowest BCUT2D eigenvalue weighted by Crippen LogP contribution is -2.28. The highest BCUT2D eigenvalue weighted by Gasteiger charge is 2.17.